The van der Waals surface area contributed by atoms with E-state index in [0.29, 0.717) is 43.5 Å². The van der Waals surface area contributed by atoms with Crippen LogP contribution in [0.1, 0.15) is 13.3 Å². The van der Waals surface area contributed by atoms with Crippen LogP contribution in [-0.4, -0.2) is 58.8 Å². The molecule has 1 aromatic carbocycles. The summed E-state index contributed by atoms with van der Waals surface area (Å²) in [6.07, 6.45) is 3.16. The lowest BCUT2D eigenvalue weighted by Gasteiger charge is -2.34. The third kappa shape index (κ3) is 5.26. The first-order valence-electron chi connectivity index (χ1n) is 8.98. The van der Waals surface area contributed by atoms with E-state index in [4.69, 9.17) is 0 Å². The zero-order chi connectivity index (χ0) is 19.9. The summed E-state index contributed by atoms with van der Waals surface area (Å²) in [7, 11) is 0. The van der Waals surface area contributed by atoms with E-state index in [1.54, 1.807) is 47.6 Å². The Hall–Kier alpha value is -3.49. The van der Waals surface area contributed by atoms with E-state index in [9.17, 15) is 14.4 Å². The maximum Gasteiger partial charge on any atom is 0.233 e. The van der Waals surface area contributed by atoms with E-state index < -0.39 is 0 Å². The van der Waals surface area contributed by atoms with Crippen LogP contribution in [0.4, 0.5) is 17.3 Å². The zero-order valence-electron chi connectivity index (χ0n) is 15.6. The van der Waals surface area contributed by atoms with Gasteiger partial charge in [-0.1, -0.05) is 0 Å². The molecular weight excluding hydrogens is 360 g/mol. The van der Waals surface area contributed by atoms with Gasteiger partial charge in [-0.15, -0.1) is 0 Å². The van der Waals surface area contributed by atoms with Crippen LogP contribution in [-0.2, 0) is 14.4 Å². The summed E-state index contributed by atoms with van der Waals surface area (Å²) in [5, 5.41) is 5.35. The van der Waals surface area contributed by atoms with E-state index in [2.05, 4.69) is 20.6 Å². The summed E-state index contributed by atoms with van der Waals surface area (Å²) in [5.41, 5.74) is 1.21. The van der Waals surface area contributed by atoms with Crippen LogP contribution in [0.5, 0.6) is 0 Å². The summed E-state index contributed by atoms with van der Waals surface area (Å²) in [4.78, 5) is 47.7. The molecule has 2 aromatic rings. The Bertz CT molecular complexity index is 833. The van der Waals surface area contributed by atoms with Crippen molar-refractivity contribution in [1.82, 2.24) is 14.9 Å². The Morgan fingerprint density at radius 1 is 0.929 bits per heavy atom. The molecule has 2 heterocycles. The van der Waals surface area contributed by atoms with E-state index in [-0.39, 0.29) is 24.1 Å². The fraction of sp³-hybridized carbons (Fsp3) is 0.316. The number of hydrogen-bond donors (Lipinski definition) is 2. The van der Waals surface area contributed by atoms with E-state index in [0.717, 1.165) is 0 Å². The number of hydrogen-bond acceptors (Lipinski definition) is 6. The molecule has 1 aliphatic rings. The third-order valence-corrected chi connectivity index (χ3v) is 4.27. The standard InChI is InChI=1S/C19H22N6O3/c1-14(26)22-15-3-5-16(6-4-15)23-17(27)13-18(28)24-9-11-25(12-10-24)19-20-7-2-8-21-19/h2-8H,9-13H2,1H3,(H,22,26)(H,23,27). The minimum atomic E-state index is -0.369. The Balaban J connectivity index is 1.46. The molecule has 0 bridgehead atoms. The average Bonchev–Trinajstić information content (AvgIpc) is 2.70. The van der Waals surface area contributed by atoms with Crippen LogP contribution in [0.15, 0.2) is 42.7 Å². The molecule has 9 heteroatoms. The molecule has 0 atom stereocenters. The lowest BCUT2D eigenvalue weighted by molar-refractivity contribution is -0.134. The molecule has 0 saturated carbocycles. The van der Waals surface area contributed by atoms with Gasteiger partial charge in [0.2, 0.25) is 23.7 Å². The maximum atomic E-state index is 12.4. The number of piperazine rings is 1. The molecule has 1 aliphatic heterocycles. The van der Waals surface area contributed by atoms with Gasteiger partial charge in [-0.25, -0.2) is 9.97 Å². The Labute approximate surface area is 162 Å². The first-order chi connectivity index (χ1) is 13.5. The zero-order valence-corrected chi connectivity index (χ0v) is 15.6. The minimum Gasteiger partial charge on any atom is -0.339 e. The number of nitrogens with one attached hydrogen (secondary N) is 2. The van der Waals surface area contributed by atoms with Crippen molar-refractivity contribution in [3.63, 3.8) is 0 Å². The molecule has 0 radical (unpaired) electrons. The second-order valence-corrected chi connectivity index (χ2v) is 6.40. The molecule has 1 fully saturated rings. The van der Waals surface area contributed by atoms with Crippen molar-refractivity contribution in [2.45, 2.75) is 13.3 Å². The second-order valence-electron chi connectivity index (χ2n) is 6.40. The molecule has 9 nitrogen and oxygen atoms in total. The predicted molar refractivity (Wildman–Crippen MR) is 105 cm³/mol. The maximum absolute atomic E-state index is 12.4. The van der Waals surface area contributed by atoms with Gasteiger partial charge in [0, 0.05) is 56.9 Å². The van der Waals surface area contributed by atoms with Crippen LogP contribution in [0.2, 0.25) is 0 Å². The monoisotopic (exact) mass is 382 g/mol. The van der Waals surface area contributed by atoms with Crippen molar-refractivity contribution < 1.29 is 14.4 Å². The Kier molecular flexibility index (Phi) is 6.15. The summed E-state index contributed by atoms with van der Waals surface area (Å²) in [6, 6.07) is 8.47. The number of carbonyl (C=O) groups excluding carboxylic acids is 3. The van der Waals surface area contributed by atoms with E-state index >= 15 is 0 Å². The van der Waals surface area contributed by atoms with Crippen molar-refractivity contribution in [3.8, 4) is 0 Å². The largest absolute Gasteiger partial charge is 0.339 e. The number of nitrogens with zero attached hydrogens (tertiary/aromatic N) is 4. The SMILES string of the molecule is CC(=O)Nc1ccc(NC(=O)CC(=O)N2CCN(c3ncccn3)CC2)cc1. The lowest BCUT2D eigenvalue weighted by atomic mass is 10.2. The normalized spacial score (nSPS) is 13.8. The molecule has 1 aromatic heterocycles. The van der Waals surface area contributed by atoms with E-state index in [1.165, 1.54) is 6.92 Å². The first-order valence-corrected chi connectivity index (χ1v) is 8.98. The number of anilines is 3. The molecule has 3 rings (SSSR count). The van der Waals surface area contributed by atoms with Crippen LogP contribution < -0.4 is 15.5 Å². The molecule has 146 valence electrons. The highest BCUT2D eigenvalue weighted by Crippen LogP contribution is 2.14. The molecule has 0 unspecified atom stereocenters. The van der Waals surface area contributed by atoms with Crippen molar-refractivity contribution in [3.05, 3.63) is 42.7 Å². The topological polar surface area (TPSA) is 108 Å². The molecule has 0 spiro atoms. The fourth-order valence-corrected chi connectivity index (χ4v) is 2.90. The minimum absolute atomic E-state index is 0.165. The van der Waals surface area contributed by atoms with Gasteiger partial charge in [0.25, 0.3) is 0 Å². The summed E-state index contributed by atoms with van der Waals surface area (Å²) >= 11 is 0. The number of amides is 3. The quantitative estimate of drug-likeness (QED) is 0.750. The fourth-order valence-electron chi connectivity index (χ4n) is 2.90. The molecule has 0 aliphatic carbocycles. The van der Waals surface area contributed by atoms with Crippen molar-refractivity contribution in [2.24, 2.45) is 0 Å². The Morgan fingerprint density at radius 3 is 2.07 bits per heavy atom. The highest BCUT2D eigenvalue weighted by molar-refractivity contribution is 6.03. The molecule has 3 amide bonds. The second kappa shape index (κ2) is 8.94. The van der Waals surface area contributed by atoms with Crippen molar-refractivity contribution in [1.29, 1.82) is 0 Å². The summed E-state index contributed by atoms with van der Waals surface area (Å²) in [6.45, 7) is 3.73. The van der Waals surface area contributed by atoms with Gasteiger partial charge >= 0.3 is 0 Å². The van der Waals surface area contributed by atoms with Crippen LogP contribution in [0, 0.1) is 0 Å². The molecule has 1 saturated heterocycles. The first kappa shape index (κ1) is 19.3. The van der Waals surface area contributed by atoms with Gasteiger partial charge in [0.1, 0.15) is 6.42 Å². The predicted octanol–water partition coefficient (Wildman–Crippen LogP) is 1.11. The average molecular weight is 382 g/mol. The smallest absolute Gasteiger partial charge is 0.233 e. The van der Waals surface area contributed by atoms with Crippen LogP contribution in [0.3, 0.4) is 0 Å². The number of aromatic nitrogens is 2. The van der Waals surface area contributed by atoms with Crippen LogP contribution >= 0.6 is 0 Å². The van der Waals surface area contributed by atoms with Gasteiger partial charge in [-0.3, -0.25) is 14.4 Å². The van der Waals surface area contributed by atoms with Crippen molar-refractivity contribution >= 4 is 35.0 Å². The van der Waals surface area contributed by atoms with E-state index in [1.807, 2.05) is 4.90 Å². The molecule has 28 heavy (non-hydrogen) atoms. The van der Waals surface area contributed by atoms with Crippen molar-refractivity contribution in [2.75, 3.05) is 41.7 Å². The van der Waals surface area contributed by atoms with Gasteiger partial charge in [-0.2, -0.15) is 0 Å². The van der Waals surface area contributed by atoms with Crippen LogP contribution in [0.25, 0.3) is 0 Å². The van der Waals surface area contributed by atoms with Gasteiger partial charge < -0.3 is 20.4 Å². The van der Waals surface area contributed by atoms with Gasteiger partial charge in [0.15, 0.2) is 0 Å². The lowest BCUT2D eigenvalue weighted by Crippen LogP contribution is -2.49. The Morgan fingerprint density at radius 2 is 1.50 bits per heavy atom. The number of benzene rings is 1. The highest BCUT2D eigenvalue weighted by atomic mass is 16.2. The number of carbonyl (C=O) groups is 3. The molecular formula is C19H22N6O3. The van der Waals surface area contributed by atoms with Gasteiger partial charge in [-0.05, 0) is 30.3 Å². The third-order valence-electron chi connectivity index (χ3n) is 4.27. The number of rotatable bonds is 5. The summed E-state index contributed by atoms with van der Waals surface area (Å²) in [5.74, 6) is -0.0940. The summed E-state index contributed by atoms with van der Waals surface area (Å²) < 4.78 is 0. The molecule has 2 N–H and O–H groups in total. The highest BCUT2D eigenvalue weighted by Gasteiger charge is 2.23. The van der Waals surface area contributed by atoms with Gasteiger partial charge in [0.05, 0.1) is 0 Å².